The van der Waals surface area contributed by atoms with Crippen LogP contribution < -0.4 is 10.1 Å². The summed E-state index contributed by atoms with van der Waals surface area (Å²) in [6, 6.07) is 7.62. The summed E-state index contributed by atoms with van der Waals surface area (Å²) in [5.74, 6) is 1.35. The third-order valence-corrected chi connectivity index (χ3v) is 6.55. The van der Waals surface area contributed by atoms with Gasteiger partial charge >= 0.3 is 0 Å². The molecule has 0 atom stereocenters. The second-order valence-electron chi connectivity index (χ2n) is 9.67. The summed E-state index contributed by atoms with van der Waals surface area (Å²) in [6.07, 6.45) is 0.638. The molecule has 6 heteroatoms. The summed E-state index contributed by atoms with van der Waals surface area (Å²) in [6.45, 7) is 16.1. The number of aromatic nitrogens is 2. The highest BCUT2D eigenvalue weighted by molar-refractivity contribution is 5.96. The summed E-state index contributed by atoms with van der Waals surface area (Å²) in [7, 11) is 0. The first-order valence-corrected chi connectivity index (χ1v) is 10.8. The average Bonchev–Trinajstić information content (AvgIpc) is 2.69. The zero-order chi connectivity index (χ0) is 23.1. The van der Waals surface area contributed by atoms with E-state index in [1.54, 1.807) is 6.07 Å². The van der Waals surface area contributed by atoms with Crippen molar-refractivity contribution in [1.29, 1.82) is 5.26 Å². The van der Waals surface area contributed by atoms with E-state index in [1.807, 2.05) is 39.8 Å². The number of hydrogen-bond acceptors (Lipinski definition) is 5. The Morgan fingerprint density at radius 3 is 2.19 bits per heavy atom. The molecule has 1 amide bonds. The summed E-state index contributed by atoms with van der Waals surface area (Å²) in [4.78, 5) is 22.1. The van der Waals surface area contributed by atoms with Gasteiger partial charge < -0.3 is 10.1 Å². The van der Waals surface area contributed by atoms with E-state index in [0.29, 0.717) is 22.5 Å². The molecule has 1 saturated carbocycles. The van der Waals surface area contributed by atoms with Crippen LogP contribution in [0.4, 0.5) is 0 Å². The van der Waals surface area contributed by atoms with E-state index in [0.717, 1.165) is 23.6 Å². The zero-order valence-corrected chi connectivity index (χ0v) is 19.8. The molecular formula is C25H32N4O2. The molecule has 1 aliphatic carbocycles. The van der Waals surface area contributed by atoms with Crippen molar-refractivity contribution in [2.24, 2.45) is 10.8 Å². The third-order valence-electron chi connectivity index (χ3n) is 6.55. The van der Waals surface area contributed by atoms with E-state index in [-0.39, 0.29) is 28.9 Å². The molecule has 0 bridgehead atoms. The van der Waals surface area contributed by atoms with Gasteiger partial charge in [-0.15, -0.1) is 0 Å². The minimum atomic E-state index is -0.285. The molecule has 6 nitrogen and oxygen atoms in total. The van der Waals surface area contributed by atoms with Gasteiger partial charge in [0.1, 0.15) is 17.7 Å². The normalized spacial score (nSPS) is 21.0. The minimum absolute atomic E-state index is 0.0818. The Labute approximate surface area is 185 Å². The maximum absolute atomic E-state index is 13.2. The van der Waals surface area contributed by atoms with E-state index < -0.39 is 0 Å². The van der Waals surface area contributed by atoms with E-state index in [1.165, 1.54) is 0 Å². The summed E-state index contributed by atoms with van der Waals surface area (Å²) < 4.78 is 6.37. The topological polar surface area (TPSA) is 87.9 Å². The summed E-state index contributed by atoms with van der Waals surface area (Å²) in [5.41, 5.74) is 2.93. The van der Waals surface area contributed by atoms with Crippen LogP contribution in [0, 0.1) is 42.9 Å². The molecule has 2 aromatic rings. The molecule has 1 aliphatic rings. The second-order valence-corrected chi connectivity index (χ2v) is 9.67. The second kappa shape index (κ2) is 7.96. The van der Waals surface area contributed by atoms with Crippen molar-refractivity contribution in [3.63, 3.8) is 0 Å². The molecule has 0 aliphatic heterocycles. The molecule has 1 aromatic carbocycles. The number of benzene rings is 1. The molecule has 1 aromatic heterocycles. The molecule has 3 rings (SSSR count). The Balaban J connectivity index is 1.81. The Hall–Kier alpha value is -2.94. The molecule has 0 radical (unpaired) electrons. The van der Waals surface area contributed by atoms with E-state index in [2.05, 4.69) is 49.0 Å². The zero-order valence-electron chi connectivity index (χ0n) is 19.8. The number of rotatable bonds is 5. The van der Waals surface area contributed by atoms with Gasteiger partial charge in [0, 0.05) is 23.3 Å². The van der Waals surface area contributed by atoms with Crippen LogP contribution in [0.1, 0.15) is 73.3 Å². The van der Waals surface area contributed by atoms with Gasteiger partial charge in [0.25, 0.3) is 5.91 Å². The van der Waals surface area contributed by atoms with Crippen LogP contribution in [0.2, 0.25) is 0 Å². The quantitative estimate of drug-likeness (QED) is 0.772. The average molecular weight is 421 g/mol. The van der Waals surface area contributed by atoms with Crippen LogP contribution in [0.5, 0.6) is 5.75 Å². The lowest BCUT2D eigenvalue weighted by Gasteiger charge is -2.63. The van der Waals surface area contributed by atoms with Gasteiger partial charge in [-0.05, 0) is 44.5 Å². The van der Waals surface area contributed by atoms with Crippen LogP contribution in [-0.2, 0) is 6.42 Å². The molecule has 0 saturated heterocycles. The summed E-state index contributed by atoms with van der Waals surface area (Å²) in [5, 5.41) is 12.4. The van der Waals surface area contributed by atoms with Gasteiger partial charge in [-0.3, -0.25) is 4.79 Å². The first kappa shape index (κ1) is 22.7. The van der Waals surface area contributed by atoms with Crippen molar-refractivity contribution in [3.05, 3.63) is 52.1 Å². The SMILES string of the molecule is CCc1nc(C)c(C(=O)NC2C(C)(C)C(Oc3ccc(C#N)c(C)c3)C2(C)C)c(C)n1. The standard InChI is InChI=1S/C25H32N4O2/c1-9-19-27-15(3)20(16(4)28-19)21(30)29-22-24(5,6)23(25(22,7)8)31-18-11-10-17(13-26)14(2)12-18/h10-12,22-23H,9H2,1-8H3,(H,29,30). The predicted molar refractivity (Wildman–Crippen MR) is 120 cm³/mol. The molecular weight excluding hydrogens is 388 g/mol. The lowest BCUT2D eigenvalue weighted by molar-refractivity contribution is -0.164. The van der Waals surface area contributed by atoms with Crippen molar-refractivity contribution in [1.82, 2.24) is 15.3 Å². The van der Waals surface area contributed by atoms with E-state index in [4.69, 9.17) is 10.00 Å². The number of carbonyl (C=O) groups is 1. The third kappa shape index (κ3) is 3.89. The van der Waals surface area contributed by atoms with Crippen LogP contribution in [0.25, 0.3) is 0 Å². The number of nitrogens with one attached hydrogen (secondary N) is 1. The molecule has 1 fully saturated rings. The molecule has 1 heterocycles. The number of nitriles is 1. The number of nitrogens with zero attached hydrogens (tertiary/aromatic N) is 3. The number of amides is 1. The van der Waals surface area contributed by atoms with Gasteiger partial charge in [0.05, 0.1) is 28.6 Å². The van der Waals surface area contributed by atoms with Gasteiger partial charge in [-0.1, -0.05) is 34.6 Å². The predicted octanol–water partition coefficient (Wildman–Crippen LogP) is 4.45. The molecule has 164 valence electrons. The maximum atomic E-state index is 13.2. The highest BCUT2D eigenvalue weighted by atomic mass is 16.5. The molecule has 31 heavy (non-hydrogen) atoms. The highest BCUT2D eigenvalue weighted by Gasteiger charge is 2.64. The van der Waals surface area contributed by atoms with Crippen molar-refractivity contribution in [2.75, 3.05) is 0 Å². The fraction of sp³-hybridized carbons (Fsp3) is 0.520. The van der Waals surface area contributed by atoms with Crippen molar-refractivity contribution in [2.45, 2.75) is 74.0 Å². The highest BCUT2D eigenvalue weighted by Crippen LogP contribution is 2.55. The van der Waals surface area contributed by atoms with Crippen molar-refractivity contribution < 1.29 is 9.53 Å². The van der Waals surface area contributed by atoms with Gasteiger partial charge in [-0.25, -0.2) is 9.97 Å². The first-order valence-electron chi connectivity index (χ1n) is 10.8. The van der Waals surface area contributed by atoms with Crippen LogP contribution in [0.3, 0.4) is 0 Å². The van der Waals surface area contributed by atoms with Crippen molar-refractivity contribution >= 4 is 5.91 Å². The Bertz CT molecular complexity index is 1030. The Morgan fingerprint density at radius 2 is 1.71 bits per heavy atom. The fourth-order valence-electron chi connectivity index (χ4n) is 5.25. The van der Waals surface area contributed by atoms with Crippen molar-refractivity contribution in [3.8, 4) is 11.8 Å². The smallest absolute Gasteiger partial charge is 0.255 e. The number of carbonyl (C=O) groups excluding carboxylic acids is 1. The number of aryl methyl sites for hydroxylation is 4. The number of ether oxygens (including phenoxy) is 1. The monoisotopic (exact) mass is 420 g/mol. The Morgan fingerprint density at radius 1 is 1.13 bits per heavy atom. The maximum Gasteiger partial charge on any atom is 0.255 e. The van der Waals surface area contributed by atoms with Crippen LogP contribution in [0.15, 0.2) is 18.2 Å². The van der Waals surface area contributed by atoms with Gasteiger partial charge in [0.15, 0.2) is 0 Å². The number of hydrogen-bond donors (Lipinski definition) is 1. The lowest BCUT2D eigenvalue weighted by atomic mass is 9.49. The van der Waals surface area contributed by atoms with E-state index in [9.17, 15) is 4.79 Å². The lowest BCUT2D eigenvalue weighted by Crippen LogP contribution is -2.74. The molecule has 1 N–H and O–H groups in total. The van der Waals surface area contributed by atoms with Crippen LogP contribution >= 0.6 is 0 Å². The molecule has 0 spiro atoms. The first-order chi connectivity index (χ1) is 14.4. The van der Waals surface area contributed by atoms with Gasteiger partial charge in [0.2, 0.25) is 0 Å². The summed E-state index contributed by atoms with van der Waals surface area (Å²) >= 11 is 0. The fourth-order valence-corrected chi connectivity index (χ4v) is 5.25. The minimum Gasteiger partial charge on any atom is -0.489 e. The largest absolute Gasteiger partial charge is 0.489 e. The van der Waals surface area contributed by atoms with Gasteiger partial charge in [-0.2, -0.15) is 5.26 Å². The molecule has 0 unspecified atom stereocenters. The van der Waals surface area contributed by atoms with E-state index >= 15 is 0 Å². The van der Waals surface area contributed by atoms with Crippen LogP contribution in [-0.4, -0.2) is 28.0 Å². The Kier molecular flexibility index (Phi) is 5.84.